The molecule has 0 saturated carbocycles. The van der Waals surface area contributed by atoms with Crippen LogP contribution in [0.2, 0.25) is 0 Å². The van der Waals surface area contributed by atoms with Crippen molar-refractivity contribution in [1.82, 2.24) is 15.0 Å². The molecule has 0 saturated heterocycles. The van der Waals surface area contributed by atoms with Crippen molar-refractivity contribution >= 4 is 64.0 Å². The molecule has 3 aromatic heterocycles. The Morgan fingerprint density at radius 2 is 0.964 bits per heavy atom. The number of benzene rings is 8. The summed E-state index contributed by atoms with van der Waals surface area (Å²) in [5, 5.41) is 8.67. The predicted octanol–water partition coefficient (Wildman–Crippen LogP) is 14.0. The van der Waals surface area contributed by atoms with Gasteiger partial charge < -0.3 is 0 Å². The van der Waals surface area contributed by atoms with Crippen molar-refractivity contribution in [2.45, 2.75) is 0 Å². The Morgan fingerprint density at radius 1 is 0.345 bits per heavy atom. The van der Waals surface area contributed by atoms with Crippen molar-refractivity contribution in [3.05, 3.63) is 188 Å². The molecule has 3 nitrogen and oxygen atoms in total. The molecule has 11 aromatic rings. The molecule has 8 aromatic carbocycles. The third kappa shape index (κ3) is 5.46. The number of hydrogen-bond donors (Lipinski definition) is 0. The van der Waals surface area contributed by atoms with Gasteiger partial charge in [-0.2, -0.15) is 0 Å². The largest absolute Gasteiger partial charge is 0.246 e. The minimum Gasteiger partial charge on any atom is -0.246 e. The van der Waals surface area contributed by atoms with E-state index in [1.54, 1.807) is 11.3 Å². The fourth-order valence-corrected chi connectivity index (χ4v) is 9.13. The Bertz CT molecular complexity index is 3240. The van der Waals surface area contributed by atoms with Crippen LogP contribution in [0, 0.1) is 0 Å². The maximum Gasteiger partial charge on any atom is 0.160 e. The molecule has 0 aliphatic rings. The van der Waals surface area contributed by atoms with Gasteiger partial charge in [-0.25, -0.2) is 15.0 Å². The molecule has 0 spiro atoms. The van der Waals surface area contributed by atoms with Crippen LogP contribution in [0.4, 0.5) is 0 Å². The van der Waals surface area contributed by atoms with Crippen LogP contribution >= 0.6 is 11.3 Å². The molecule has 256 valence electrons. The van der Waals surface area contributed by atoms with Gasteiger partial charge in [0.05, 0.1) is 27.3 Å². The Hall–Kier alpha value is -7.01. The van der Waals surface area contributed by atoms with E-state index in [2.05, 4.69) is 170 Å². The van der Waals surface area contributed by atoms with Gasteiger partial charge in [0, 0.05) is 43.1 Å². The van der Waals surface area contributed by atoms with E-state index >= 15 is 0 Å². The van der Waals surface area contributed by atoms with Crippen molar-refractivity contribution in [3.8, 4) is 56.3 Å². The first-order valence-electron chi connectivity index (χ1n) is 18.5. The zero-order valence-electron chi connectivity index (χ0n) is 29.6. The molecule has 0 N–H and O–H groups in total. The third-order valence-corrected chi connectivity index (χ3v) is 11.8. The molecule has 0 amide bonds. The maximum atomic E-state index is 5.19. The number of hydrogen-bond acceptors (Lipinski definition) is 4. The van der Waals surface area contributed by atoms with Crippen LogP contribution < -0.4 is 0 Å². The van der Waals surface area contributed by atoms with E-state index in [9.17, 15) is 0 Å². The van der Waals surface area contributed by atoms with Crippen molar-refractivity contribution in [2.24, 2.45) is 0 Å². The summed E-state index contributed by atoms with van der Waals surface area (Å²) in [6.07, 6.45) is 0. The smallest absolute Gasteiger partial charge is 0.160 e. The Kier molecular flexibility index (Phi) is 7.35. The first-order chi connectivity index (χ1) is 27.2. The fourth-order valence-electron chi connectivity index (χ4n) is 7.92. The summed E-state index contributed by atoms with van der Waals surface area (Å²) in [5.41, 5.74) is 10.4. The number of nitrogens with zero attached hydrogens (tertiary/aromatic N) is 3. The second kappa shape index (κ2) is 12.8. The van der Waals surface area contributed by atoms with E-state index in [-0.39, 0.29) is 0 Å². The fraction of sp³-hybridized carbons (Fsp3) is 0. The standard InChI is InChI=1S/C51H31N3S/c1-3-12-35(13-4-1)49-50-48(42-17-9-10-18-44(42)52-49)43-30-39(26-28-47(43)55-50)46-31-45(53-51(54-46)36-14-5-2-6-15-36)34-22-19-32(20-23-34)37-25-27-41-38(29-37)24-21-33-11-7-8-16-40(33)41/h1-31H. The highest BCUT2D eigenvalue weighted by molar-refractivity contribution is 7.26. The maximum absolute atomic E-state index is 5.19. The van der Waals surface area contributed by atoms with Crippen LogP contribution in [-0.4, -0.2) is 15.0 Å². The molecule has 0 aliphatic carbocycles. The minimum atomic E-state index is 0.704. The summed E-state index contributed by atoms with van der Waals surface area (Å²) in [6, 6.07) is 66.7. The zero-order valence-corrected chi connectivity index (χ0v) is 30.5. The second-order valence-electron chi connectivity index (χ2n) is 14.0. The molecule has 0 atom stereocenters. The summed E-state index contributed by atoms with van der Waals surface area (Å²) >= 11 is 1.81. The van der Waals surface area contributed by atoms with E-state index in [1.807, 2.05) is 18.2 Å². The van der Waals surface area contributed by atoms with Crippen LogP contribution in [0.3, 0.4) is 0 Å². The molecule has 0 fully saturated rings. The zero-order chi connectivity index (χ0) is 36.3. The van der Waals surface area contributed by atoms with Crippen molar-refractivity contribution in [2.75, 3.05) is 0 Å². The van der Waals surface area contributed by atoms with E-state index in [0.717, 1.165) is 50.2 Å². The molecular formula is C51H31N3S. The van der Waals surface area contributed by atoms with Crippen LogP contribution in [0.5, 0.6) is 0 Å². The number of thiophene rings is 1. The Labute approximate surface area is 321 Å². The van der Waals surface area contributed by atoms with Crippen molar-refractivity contribution in [3.63, 3.8) is 0 Å². The predicted molar refractivity (Wildman–Crippen MR) is 232 cm³/mol. The minimum absolute atomic E-state index is 0.704. The average molecular weight is 718 g/mol. The van der Waals surface area contributed by atoms with E-state index in [0.29, 0.717) is 5.82 Å². The molecule has 3 heterocycles. The highest BCUT2D eigenvalue weighted by atomic mass is 32.1. The van der Waals surface area contributed by atoms with Crippen LogP contribution in [0.1, 0.15) is 0 Å². The summed E-state index contributed by atoms with van der Waals surface area (Å²) in [7, 11) is 0. The SMILES string of the molecule is c1ccc(-c2nc(-c3ccc(-c4ccc5c(ccc6ccccc65)c4)cc3)cc(-c3ccc4sc5c(-c6ccccc6)nc6ccccc6c5c4c3)n2)cc1. The number of pyridine rings is 1. The number of para-hydroxylation sites is 1. The van der Waals surface area contributed by atoms with Gasteiger partial charge in [0.25, 0.3) is 0 Å². The third-order valence-electron chi connectivity index (χ3n) is 10.7. The lowest BCUT2D eigenvalue weighted by Crippen LogP contribution is -1.96. The monoisotopic (exact) mass is 717 g/mol. The van der Waals surface area contributed by atoms with Gasteiger partial charge in [-0.1, -0.05) is 158 Å². The lowest BCUT2D eigenvalue weighted by molar-refractivity contribution is 1.18. The quantitative estimate of drug-likeness (QED) is 0.166. The van der Waals surface area contributed by atoms with Crippen LogP contribution in [0.25, 0.3) is 109 Å². The van der Waals surface area contributed by atoms with Gasteiger partial charge in [-0.15, -0.1) is 11.3 Å². The topological polar surface area (TPSA) is 38.7 Å². The summed E-state index contributed by atoms with van der Waals surface area (Å²) in [6.45, 7) is 0. The first-order valence-corrected chi connectivity index (χ1v) is 19.3. The number of fused-ring (bicyclic) bond motifs is 8. The Morgan fingerprint density at radius 3 is 1.78 bits per heavy atom. The van der Waals surface area contributed by atoms with E-state index < -0.39 is 0 Å². The molecule has 11 rings (SSSR count). The highest BCUT2D eigenvalue weighted by Gasteiger charge is 2.18. The van der Waals surface area contributed by atoms with Crippen LogP contribution in [0.15, 0.2) is 188 Å². The van der Waals surface area contributed by atoms with E-state index in [4.69, 9.17) is 15.0 Å². The Balaban J connectivity index is 1.04. The van der Waals surface area contributed by atoms with Gasteiger partial charge in [0.1, 0.15) is 0 Å². The van der Waals surface area contributed by atoms with Gasteiger partial charge in [-0.05, 0) is 63.0 Å². The van der Waals surface area contributed by atoms with Gasteiger partial charge >= 0.3 is 0 Å². The molecule has 0 unspecified atom stereocenters. The van der Waals surface area contributed by atoms with Gasteiger partial charge in [-0.3, -0.25) is 0 Å². The first kappa shape index (κ1) is 31.5. The van der Waals surface area contributed by atoms with Crippen LogP contribution in [-0.2, 0) is 0 Å². The lowest BCUT2D eigenvalue weighted by atomic mass is 9.96. The molecular weight excluding hydrogens is 687 g/mol. The number of rotatable bonds is 5. The molecule has 4 heteroatoms. The molecule has 55 heavy (non-hydrogen) atoms. The summed E-state index contributed by atoms with van der Waals surface area (Å²) in [5.74, 6) is 0.704. The number of aromatic nitrogens is 3. The normalized spacial score (nSPS) is 11.6. The van der Waals surface area contributed by atoms with Crippen molar-refractivity contribution in [1.29, 1.82) is 0 Å². The average Bonchev–Trinajstić information content (AvgIpc) is 3.66. The summed E-state index contributed by atoms with van der Waals surface area (Å²) < 4.78 is 2.43. The van der Waals surface area contributed by atoms with Gasteiger partial charge in [0.15, 0.2) is 5.82 Å². The van der Waals surface area contributed by atoms with E-state index in [1.165, 1.54) is 52.8 Å². The van der Waals surface area contributed by atoms with Crippen molar-refractivity contribution < 1.29 is 0 Å². The molecule has 0 aliphatic heterocycles. The van der Waals surface area contributed by atoms with Gasteiger partial charge in [0.2, 0.25) is 0 Å². The second-order valence-corrected chi connectivity index (χ2v) is 15.0. The molecule has 0 bridgehead atoms. The highest BCUT2D eigenvalue weighted by Crippen LogP contribution is 2.44. The molecule has 0 radical (unpaired) electrons. The summed E-state index contributed by atoms with van der Waals surface area (Å²) in [4.78, 5) is 15.5. The lowest BCUT2D eigenvalue weighted by Gasteiger charge is -2.11.